The average Bonchev–Trinajstić information content (AvgIpc) is 3.18. The monoisotopic (exact) mass is 237 g/mol. The number of hydrogen-bond donors (Lipinski definition) is 0. The Morgan fingerprint density at radius 1 is 1.18 bits per heavy atom. The van der Waals surface area contributed by atoms with Crippen LogP contribution >= 0.6 is 0 Å². The first-order valence-corrected chi connectivity index (χ1v) is 6.01. The van der Waals surface area contributed by atoms with E-state index < -0.39 is 0 Å². The number of benzene rings is 1. The smallest absolute Gasteiger partial charge is 0.141 e. The van der Waals surface area contributed by atoms with Crippen molar-refractivity contribution in [2.75, 3.05) is 0 Å². The third kappa shape index (κ3) is 5.49. The number of halogens is 1. The van der Waals surface area contributed by atoms with Crippen LogP contribution in [-0.2, 0) is 0 Å². The van der Waals surface area contributed by atoms with E-state index in [2.05, 4.69) is 0 Å². The lowest BCUT2D eigenvalue weighted by Crippen LogP contribution is -1.86. The molecule has 1 aromatic carbocycles. The zero-order valence-electron chi connectivity index (χ0n) is 10.5. The predicted octanol–water partition coefficient (Wildman–Crippen LogP) is 5.26. The molecule has 0 heterocycles. The number of nitrogens with zero attached hydrogens (tertiary/aromatic N) is 1. The summed E-state index contributed by atoms with van der Waals surface area (Å²) in [6.45, 7) is 8.00. The molecule has 1 saturated carbocycles. The molecule has 0 saturated heterocycles. The minimum absolute atomic E-state index is 0. The summed E-state index contributed by atoms with van der Waals surface area (Å²) in [6, 6.07) is 6.69. The fourth-order valence-electron chi connectivity index (χ4n) is 1.29. The van der Waals surface area contributed by atoms with Gasteiger partial charge in [0, 0.05) is 0 Å². The summed E-state index contributed by atoms with van der Waals surface area (Å²) in [6.07, 6.45) is 2.32. The molecular weight excluding hydrogens is 213 g/mol. The molecule has 2 heteroatoms. The molecule has 0 N–H and O–H groups in total. The van der Waals surface area contributed by atoms with Crippen molar-refractivity contribution in [2.45, 2.75) is 53.9 Å². The van der Waals surface area contributed by atoms with Gasteiger partial charge in [-0.2, -0.15) is 5.26 Å². The SMILES string of the molecule is C.CC.CC.N#Cc1ccc(C2CC2)cc1F. The fourth-order valence-corrected chi connectivity index (χ4v) is 1.29. The molecule has 0 unspecified atom stereocenters. The van der Waals surface area contributed by atoms with Gasteiger partial charge in [-0.1, -0.05) is 41.2 Å². The molecule has 0 spiro atoms. The highest BCUT2D eigenvalue weighted by atomic mass is 19.1. The van der Waals surface area contributed by atoms with E-state index >= 15 is 0 Å². The largest absolute Gasteiger partial charge is 0.206 e. The van der Waals surface area contributed by atoms with Crippen molar-refractivity contribution in [1.82, 2.24) is 0 Å². The Bertz CT molecular complexity index is 348. The van der Waals surface area contributed by atoms with E-state index in [1.165, 1.54) is 6.07 Å². The molecule has 1 aliphatic carbocycles. The summed E-state index contributed by atoms with van der Waals surface area (Å²) in [5, 5.41) is 8.47. The van der Waals surface area contributed by atoms with Crippen molar-refractivity contribution in [3.63, 3.8) is 0 Å². The lowest BCUT2D eigenvalue weighted by molar-refractivity contribution is 0.621. The Balaban J connectivity index is 0. The van der Waals surface area contributed by atoms with Crippen LogP contribution in [0.3, 0.4) is 0 Å². The quantitative estimate of drug-likeness (QED) is 0.653. The standard InChI is InChI=1S/C10H8FN.2C2H6.CH4/c11-10-5-8(7-1-2-7)3-4-9(10)6-12;2*1-2;/h3-5,7H,1-2H2;2*1-2H3;1H4. The van der Waals surface area contributed by atoms with Gasteiger partial charge in [0.25, 0.3) is 0 Å². The zero-order chi connectivity index (χ0) is 12.6. The lowest BCUT2D eigenvalue weighted by Gasteiger charge is -1.98. The lowest BCUT2D eigenvalue weighted by atomic mass is 10.1. The summed E-state index contributed by atoms with van der Waals surface area (Å²) < 4.78 is 13.0. The summed E-state index contributed by atoms with van der Waals surface area (Å²) in [5.41, 5.74) is 1.17. The van der Waals surface area contributed by atoms with Crippen LogP contribution in [0.2, 0.25) is 0 Å². The van der Waals surface area contributed by atoms with Gasteiger partial charge in [-0.3, -0.25) is 0 Å². The number of nitriles is 1. The van der Waals surface area contributed by atoms with E-state index in [1.54, 1.807) is 12.1 Å². The van der Waals surface area contributed by atoms with Crippen LogP contribution in [0.25, 0.3) is 0 Å². The Kier molecular flexibility index (Phi) is 10.4. The summed E-state index contributed by atoms with van der Waals surface area (Å²) in [4.78, 5) is 0. The van der Waals surface area contributed by atoms with Gasteiger partial charge in [-0.05, 0) is 36.5 Å². The molecule has 0 aromatic heterocycles. The normalized spacial score (nSPS) is 11.8. The maximum atomic E-state index is 13.0. The molecule has 1 nitrogen and oxygen atoms in total. The molecule has 96 valence electrons. The Hall–Kier alpha value is -1.36. The first kappa shape index (κ1) is 18.0. The molecule has 0 atom stereocenters. The minimum atomic E-state index is -0.387. The van der Waals surface area contributed by atoms with E-state index in [-0.39, 0.29) is 18.8 Å². The highest BCUT2D eigenvalue weighted by Crippen LogP contribution is 2.40. The van der Waals surface area contributed by atoms with Crippen LogP contribution in [0.5, 0.6) is 0 Å². The van der Waals surface area contributed by atoms with Gasteiger partial charge < -0.3 is 0 Å². The second-order valence-electron chi connectivity index (χ2n) is 3.13. The third-order valence-corrected chi connectivity index (χ3v) is 2.16. The van der Waals surface area contributed by atoms with Gasteiger partial charge in [-0.25, -0.2) is 4.39 Å². The molecule has 1 aliphatic rings. The van der Waals surface area contributed by atoms with Crippen LogP contribution in [0.15, 0.2) is 18.2 Å². The minimum Gasteiger partial charge on any atom is -0.206 e. The van der Waals surface area contributed by atoms with E-state index in [0.717, 1.165) is 18.4 Å². The van der Waals surface area contributed by atoms with Crippen molar-refractivity contribution in [1.29, 1.82) is 5.26 Å². The van der Waals surface area contributed by atoms with E-state index in [4.69, 9.17) is 5.26 Å². The second kappa shape index (κ2) is 9.84. The van der Waals surface area contributed by atoms with Crippen LogP contribution in [0.1, 0.15) is 65.0 Å². The molecule has 0 amide bonds. The molecule has 17 heavy (non-hydrogen) atoms. The van der Waals surface area contributed by atoms with Gasteiger partial charge >= 0.3 is 0 Å². The van der Waals surface area contributed by atoms with Gasteiger partial charge in [0.2, 0.25) is 0 Å². The van der Waals surface area contributed by atoms with E-state index in [9.17, 15) is 4.39 Å². The molecule has 0 radical (unpaired) electrons. The Labute approximate surface area is 105 Å². The first-order chi connectivity index (χ1) is 7.81. The molecule has 0 aliphatic heterocycles. The topological polar surface area (TPSA) is 23.8 Å². The average molecular weight is 237 g/mol. The van der Waals surface area contributed by atoms with Crippen LogP contribution in [0.4, 0.5) is 4.39 Å². The van der Waals surface area contributed by atoms with Crippen molar-refractivity contribution < 1.29 is 4.39 Å². The molecule has 1 fully saturated rings. The Morgan fingerprint density at radius 3 is 2.06 bits per heavy atom. The molecule has 0 bridgehead atoms. The van der Waals surface area contributed by atoms with Crippen molar-refractivity contribution >= 4 is 0 Å². The van der Waals surface area contributed by atoms with Crippen molar-refractivity contribution in [2.24, 2.45) is 0 Å². The molecular formula is C15H24FN. The van der Waals surface area contributed by atoms with Gasteiger partial charge in [-0.15, -0.1) is 0 Å². The summed E-state index contributed by atoms with van der Waals surface area (Å²) in [7, 11) is 0. The third-order valence-electron chi connectivity index (χ3n) is 2.16. The van der Waals surface area contributed by atoms with Crippen LogP contribution < -0.4 is 0 Å². The summed E-state index contributed by atoms with van der Waals surface area (Å²) >= 11 is 0. The maximum Gasteiger partial charge on any atom is 0.141 e. The highest BCUT2D eigenvalue weighted by Gasteiger charge is 2.23. The van der Waals surface area contributed by atoms with E-state index in [1.807, 2.05) is 33.8 Å². The first-order valence-electron chi connectivity index (χ1n) is 6.01. The highest BCUT2D eigenvalue weighted by molar-refractivity contribution is 5.35. The zero-order valence-corrected chi connectivity index (χ0v) is 10.5. The maximum absolute atomic E-state index is 13.0. The van der Waals surface area contributed by atoms with Gasteiger partial charge in [0.05, 0.1) is 5.56 Å². The van der Waals surface area contributed by atoms with Crippen molar-refractivity contribution in [3.8, 4) is 6.07 Å². The van der Waals surface area contributed by atoms with Crippen LogP contribution in [-0.4, -0.2) is 0 Å². The van der Waals surface area contributed by atoms with Gasteiger partial charge in [0.1, 0.15) is 11.9 Å². The number of rotatable bonds is 1. The fraction of sp³-hybridized carbons (Fsp3) is 0.533. The van der Waals surface area contributed by atoms with Crippen LogP contribution in [0, 0.1) is 17.1 Å². The summed E-state index contributed by atoms with van der Waals surface area (Å²) in [5.74, 6) is 0.161. The van der Waals surface area contributed by atoms with E-state index in [0.29, 0.717) is 5.92 Å². The second-order valence-corrected chi connectivity index (χ2v) is 3.13. The van der Waals surface area contributed by atoms with Gasteiger partial charge in [0.15, 0.2) is 0 Å². The molecule has 1 aromatic rings. The number of hydrogen-bond acceptors (Lipinski definition) is 1. The van der Waals surface area contributed by atoms with Crippen molar-refractivity contribution in [3.05, 3.63) is 35.1 Å². The molecule has 2 rings (SSSR count). The predicted molar refractivity (Wildman–Crippen MR) is 72.5 cm³/mol. The Morgan fingerprint density at radius 2 is 1.71 bits per heavy atom.